The van der Waals surface area contributed by atoms with E-state index in [0.717, 1.165) is 48.3 Å². The van der Waals surface area contributed by atoms with Gasteiger partial charge in [-0.15, -0.1) is 0 Å². The first-order valence-corrected chi connectivity index (χ1v) is 10.4. The molecule has 0 saturated carbocycles. The fraction of sp³-hybridized carbons (Fsp3) is 0.364. The van der Waals surface area contributed by atoms with Crippen molar-refractivity contribution in [2.45, 2.75) is 39.0 Å². The highest BCUT2D eigenvalue weighted by Crippen LogP contribution is 2.19. The number of aromatic amines is 1. The van der Waals surface area contributed by atoms with Gasteiger partial charge in [-0.1, -0.05) is 12.1 Å². The third-order valence-electron chi connectivity index (χ3n) is 5.31. The summed E-state index contributed by atoms with van der Waals surface area (Å²) in [5.74, 6) is 1.55. The Morgan fingerprint density at radius 1 is 1.23 bits per heavy atom. The molecule has 0 spiro atoms. The lowest BCUT2D eigenvalue weighted by atomic mass is 9.97. The van der Waals surface area contributed by atoms with Crippen LogP contribution in [-0.2, 0) is 19.3 Å². The number of nitrogens with zero attached hydrogens (tertiary/aromatic N) is 3. The molecular weight excluding hydrogens is 396 g/mol. The SMILES string of the molecule is COc1ccc(CCNC(=O)Nc2cc(C)nn2-c2nc3c(c(=O)[nH]2)CCCC3)cc1. The minimum atomic E-state index is -0.352. The van der Waals surface area contributed by atoms with Gasteiger partial charge >= 0.3 is 6.03 Å². The standard InChI is InChI=1S/C22H26N6O3/c1-14-13-19(25-22(30)23-12-11-15-7-9-16(31-2)10-8-15)28(27-14)21-24-18-6-4-3-5-17(18)20(29)26-21/h7-10,13H,3-6,11-12H2,1-2H3,(H2,23,25,30)(H,24,26,29). The summed E-state index contributed by atoms with van der Waals surface area (Å²) >= 11 is 0. The minimum absolute atomic E-state index is 0.136. The second-order valence-corrected chi connectivity index (χ2v) is 7.58. The van der Waals surface area contributed by atoms with Gasteiger partial charge in [0.1, 0.15) is 11.6 Å². The molecule has 4 rings (SSSR count). The van der Waals surface area contributed by atoms with Gasteiger partial charge in [0.2, 0.25) is 5.95 Å². The number of hydrogen-bond donors (Lipinski definition) is 3. The molecule has 2 aromatic heterocycles. The molecule has 3 aromatic rings. The molecule has 0 atom stereocenters. The van der Waals surface area contributed by atoms with E-state index in [1.165, 1.54) is 4.68 Å². The number of rotatable bonds is 6. The van der Waals surface area contributed by atoms with Crippen molar-refractivity contribution >= 4 is 11.8 Å². The minimum Gasteiger partial charge on any atom is -0.497 e. The molecular formula is C22H26N6O3. The first-order chi connectivity index (χ1) is 15.0. The smallest absolute Gasteiger partial charge is 0.320 e. The molecule has 31 heavy (non-hydrogen) atoms. The van der Waals surface area contributed by atoms with Crippen LogP contribution in [-0.4, -0.2) is 39.4 Å². The van der Waals surface area contributed by atoms with Crippen molar-refractivity contribution in [2.24, 2.45) is 0 Å². The number of H-pyrrole nitrogens is 1. The third kappa shape index (κ3) is 4.76. The zero-order valence-electron chi connectivity index (χ0n) is 17.7. The summed E-state index contributed by atoms with van der Waals surface area (Å²) < 4.78 is 6.62. The van der Waals surface area contributed by atoms with Gasteiger partial charge in [-0.3, -0.25) is 15.1 Å². The van der Waals surface area contributed by atoms with Crippen LogP contribution in [0, 0.1) is 6.92 Å². The predicted molar refractivity (Wildman–Crippen MR) is 117 cm³/mol. The van der Waals surface area contributed by atoms with E-state index >= 15 is 0 Å². The summed E-state index contributed by atoms with van der Waals surface area (Å²) in [7, 11) is 1.63. The van der Waals surface area contributed by atoms with Gasteiger partial charge < -0.3 is 10.1 Å². The largest absolute Gasteiger partial charge is 0.497 e. The number of carbonyl (C=O) groups excluding carboxylic acids is 1. The highest BCUT2D eigenvalue weighted by molar-refractivity contribution is 5.88. The van der Waals surface area contributed by atoms with E-state index in [1.807, 2.05) is 31.2 Å². The fourth-order valence-electron chi connectivity index (χ4n) is 3.71. The zero-order valence-corrected chi connectivity index (χ0v) is 17.7. The lowest BCUT2D eigenvalue weighted by Gasteiger charge is -2.15. The third-order valence-corrected chi connectivity index (χ3v) is 5.31. The van der Waals surface area contributed by atoms with Gasteiger partial charge in [-0.25, -0.2) is 9.78 Å². The Labute approximate surface area is 179 Å². The lowest BCUT2D eigenvalue weighted by Crippen LogP contribution is -2.31. The summed E-state index contributed by atoms with van der Waals surface area (Å²) in [5.41, 5.74) is 3.23. The molecule has 1 aliphatic rings. The van der Waals surface area contributed by atoms with Crippen LogP contribution in [0.1, 0.15) is 35.4 Å². The topological polar surface area (TPSA) is 114 Å². The normalized spacial score (nSPS) is 12.8. The maximum Gasteiger partial charge on any atom is 0.320 e. The van der Waals surface area contributed by atoms with E-state index < -0.39 is 0 Å². The molecule has 1 aromatic carbocycles. The average Bonchev–Trinajstić information content (AvgIpc) is 3.14. The van der Waals surface area contributed by atoms with Gasteiger partial charge in [0, 0.05) is 18.2 Å². The summed E-state index contributed by atoms with van der Waals surface area (Å²) in [5, 5.41) is 10.0. The first-order valence-electron chi connectivity index (χ1n) is 10.4. The molecule has 3 N–H and O–H groups in total. The quantitative estimate of drug-likeness (QED) is 0.565. The highest BCUT2D eigenvalue weighted by Gasteiger charge is 2.18. The molecule has 0 fully saturated rings. The number of methoxy groups -OCH3 is 1. The lowest BCUT2D eigenvalue weighted by molar-refractivity contribution is 0.252. The van der Waals surface area contributed by atoms with Crippen LogP contribution in [0.15, 0.2) is 35.1 Å². The summed E-state index contributed by atoms with van der Waals surface area (Å²) in [6.07, 6.45) is 4.23. The van der Waals surface area contributed by atoms with Crippen molar-refractivity contribution < 1.29 is 9.53 Å². The van der Waals surface area contributed by atoms with Gasteiger partial charge in [-0.05, 0) is 56.7 Å². The summed E-state index contributed by atoms with van der Waals surface area (Å²) in [6.45, 7) is 2.29. The number of ether oxygens (including phenoxy) is 1. The number of carbonyl (C=O) groups is 1. The zero-order chi connectivity index (χ0) is 21.8. The number of amides is 2. The van der Waals surface area contributed by atoms with Crippen molar-refractivity contribution in [3.8, 4) is 11.7 Å². The molecule has 9 heteroatoms. The molecule has 0 saturated heterocycles. The maximum absolute atomic E-state index is 12.5. The number of aromatic nitrogens is 4. The van der Waals surface area contributed by atoms with E-state index in [2.05, 4.69) is 25.7 Å². The molecule has 0 unspecified atom stereocenters. The van der Waals surface area contributed by atoms with Gasteiger partial charge in [0.05, 0.1) is 18.5 Å². The summed E-state index contributed by atoms with van der Waals surface area (Å²) in [6, 6.07) is 9.11. The number of benzene rings is 1. The maximum atomic E-state index is 12.5. The van der Waals surface area contributed by atoms with Crippen molar-refractivity contribution in [3.05, 3.63) is 63.2 Å². The van der Waals surface area contributed by atoms with Crippen molar-refractivity contribution in [2.75, 3.05) is 19.0 Å². The highest BCUT2D eigenvalue weighted by atomic mass is 16.5. The number of anilines is 1. The molecule has 0 radical (unpaired) electrons. The van der Waals surface area contributed by atoms with Crippen LogP contribution in [0.4, 0.5) is 10.6 Å². The molecule has 1 aliphatic carbocycles. The Morgan fingerprint density at radius 3 is 2.77 bits per heavy atom. The van der Waals surface area contributed by atoms with E-state index in [4.69, 9.17) is 4.74 Å². The monoisotopic (exact) mass is 422 g/mol. The summed E-state index contributed by atoms with van der Waals surface area (Å²) in [4.78, 5) is 32.3. The first kappa shape index (κ1) is 20.6. The Bertz CT molecular complexity index is 1130. The van der Waals surface area contributed by atoms with Crippen LogP contribution in [0.3, 0.4) is 0 Å². The van der Waals surface area contributed by atoms with E-state index in [9.17, 15) is 9.59 Å². The van der Waals surface area contributed by atoms with Crippen LogP contribution in [0.5, 0.6) is 5.75 Å². The van der Waals surface area contributed by atoms with Crippen LogP contribution in [0.2, 0.25) is 0 Å². The second kappa shape index (κ2) is 9.03. The Balaban J connectivity index is 1.43. The average molecular weight is 422 g/mol. The predicted octanol–water partition coefficient (Wildman–Crippen LogP) is 2.52. The Morgan fingerprint density at radius 2 is 2.00 bits per heavy atom. The molecule has 2 amide bonds. The Kier molecular flexibility index (Phi) is 6.01. The van der Waals surface area contributed by atoms with Gasteiger partial charge in [0.15, 0.2) is 0 Å². The molecule has 162 valence electrons. The molecule has 0 bridgehead atoms. The van der Waals surface area contributed by atoms with Crippen LogP contribution < -0.4 is 20.9 Å². The molecule has 2 heterocycles. The molecule has 0 aliphatic heterocycles. The van der Waals surface area contributed by atoms with E-state index in [1.54, 1.807) is 13.2 Å². The molecule has 9 nitrogen and oxygen atoms in total. The van der Waals surface area contributed by atoms with Crippen molar-refractivity contribution in [3.63, 3.8) is 0 Å². The fourth-order valence-corrected chi connectivity index (χ4v) is 3.71. The van der Waals surface area contributed by atoms with E-state index in [-0.39, 0.29) is 11.6 Å². The Hall–Kier alpha value is -3.62. The van der Waals surface area contributed by atoms with Crippen LogP contribution >= 0.6 is 0 Å². The number of urea groups is 1. The number of hydrogen-bond acceptors (Lipinski definition) is 5. The van der Waals surface area contributed by atoms with Crippen molar-refractivity contribution in [1.82, 2.24) is 25.1 Å². The second-order valence-electron chi connectivity index (χ2n) is 7.58. The number of aryl methyl sites for hydroxylation is 2. The van der Waals surface area contributed by atoms with Crippen LogP contribution in [0.25, 0.3) is 5.95 Å². The van der Waals surface area contributed by atoms with E-state index in [0.29, 0.717) is 30.4 Å². The van der Waals surface area contributed by atoms with Gasteiger partial charge in [0.25, 0.3) is 5.56 Å². The van der Waals surface area contributed by atoms with Crippen molar-refractivity contribution in [1.29, 1.82) is 0 Å². The number of nitrogens with one attached hydrogen (secondary N) is 3. The number of fused-ring (bicyclic) bond motifs is 1. The van der Waals surface area contributed by atoms with Gasteiger partial charge in [-0.2, -0.15) is 9.78 Å².